The van der Waals surface area contributed by atoms with Gasteiger partial charge in [0, 0.05) is 32.7 Å². The third-order valence-electron chi connectivity index (χ3n) is 4.37. The second kappa shape index (κ2) is 6.13. The minimum atomic E-state index is -0.742. The first-order valence-electron chi connectivity index (χ1n) is 7.46. The highest BCUT2D eigenvalue weighted by molar-refractivity contribution is 5.77. The van der Waals surface area contributed by atoms with Crippen LogP contribution in [0, 0.1) is 0 Å². The quantitative estimate of drug-likeness (QED) is 0.900. The topological polar surface area (TPSA) is 53.0 Å². The van der Waals surface area contributed by atoms with Gasteiger partial charge in [-0.1, -0.05) is 24.3 Å². The molecular weight excluding hydrogens is 268 g/mol. The number of aliphatic carboxylic acids is 1. The van der Waals surface area contributed by atoms with E-state index in [0.717, 1.165) is 43.9 Å². The number of ether oxygens (including phenoxy) is 1. The molecule has 2 heterocycles. The van der Waals surface area contributed by atoms with Gasteiger partial charge in [-0.15, -0.1) is 0 Å². The van der Waals surface area contributed by atoms with E-state index < -0.39 is 11.9 Å². The Kier molecular flexibility index (Phi) is 4.24. The molecule has 2 aliphatic rings. The van der Waals surface area contributed by atoms with Crippen molar-refractivity contribution in [3.05, 3.63) is 35.4 Å². The summed E-state index contributed by atoms with van der Waals surface area (Å²) in [4.78, 5) is 16.0. The van der Waals surface area contributed by atoms with E-state index in [1.54, 1.807) is 0 Å². The zero-order chi connectivity index (χ0) is 14.8. The number of likely N-dealkylation sites (N-methyl/N-ethyl adjacent to an activating group) is 1. The second-order valence-electron chi connectivity index (χ2n) is 6.04. The number of hydrogen-bond donors (Lipinski definition) is 1. The van der Waals surface area contributed by atoms with E-state index in [1.807, 2.05) is 24.3 Å². The summed E-state index contributed by atoms with van der Waals surface area (Å²) < 4.78 is 5.80. The molecule has 0 bridgehead atoms. The SMILES string of the molecule is CN1CCOC(CN2Cc3ccccc3C(C(=O)O)C2)C1. The lowest BCUT2D eigenvalue weighted by Gasteiger charge is -2.37. The van der Waals surface area contributed by atoms with E-state index >= 15 is 0 Å². The zero-order valence-corrected chi connectivity index (χ0v) is 12.4. The van der Waals surface area contributed by atoms with Crippen LogP contribution in [0.5, 0.6) is 0 Å². The van der Waals surface area contributed by atoms with E-state index in [4.69, 9.17) is 4.74 Å². The van der Waals surface area contributed by atoms with Crippen molar-refractivity contribution in [1.29, 1.82) is 0 Å². The van der Waals surface area contributed by atoms with Gasteiger partial charge in [-0.3, -0.25) is 9.69 Å². The summed E-state index contributed by atoms with van der Waals surface area (Å²) >= 11 is 0. The Balaban J connectivity index is 1.72. The molecule has 21 heavy (non-hydrogen) atoms. The second-order valence-corrected chi connectivity index (χ2v) is 6.04. The predicted molar refractivity (Wildman–Crippen MR) is 79.3 cm³/mol. The van der Waals surface area contributed by atoms with Crippen molar-refractivity contribution in [2.45, 2.75) is 18.6 Å². The summed E-state index contributed by atoms with van der Waals surface area (Å²) in [5.74, 6) is -1.18. The van der Waals surface area contributed by atoms with Crippen LogP contribution in [0.1, 0.15) is 17.0 Å². The van der Waals surface area contributed by atoms with Crippen molar-refractivity contribution in [3.63, 3.8) is 0 Å². The summed E-state index contributed by atoms with van der Waals surface area (Å²) in [6.07, 6.45) is 0.170. The van der Waals surface area contributed by atoms with E-state index in [0.29, 0.717) is 6.54 Å². The van der Waals surface area contributed by atoms with Crippen molar-refractivity contribution >= 4 is 5.97 Å². The maximum absolute atomic E-state index is 11.5. The number of carboxylic acids is 1. The first-order valence-corrected chi connectivity index (χ1v) is 7.46. The van der Waals surface area contributed by atoms with Crippen molar-refractivity contribution in [3.8, 4) is 0 Å². The molecule has 0 aliphatic carbocycles. The summed E-state index contributed by atoms with van der Waals surface area (Å²) in [7, 11) is 2.10. The van der Waals surface area contributed by atoms with Gasteiger partial charge in [0.15, 0.2) is 0 Å². The van der Waals surface area contributed by atoms with Crippen LogP contribution in [0.4, 0.5) is 0 Å². The average Bonchev–Trinajstić information content (AvgIpc) is 2.46. The lowest BCUT2D eigenvalue weighted by atomic mass is 9.89. The molecule has 3 rings (SSSR count). The lowest BCUT2D eigenvalue weighted by Crippen LogP contribution is -2.48. The zero-order valence-electron chi connectivity index (χ0n) is 12.4. The molecule has 114 valence electrons. The van der Waals surface area contributed by atoms with Gasteiger partial charge in [0.1, 0.15) is 0 Å². The van der Waals surface area contributed by atoms with Crippen LogP contribution in [0.2, 0.25) is 0 Å². The maximum Gasteiger partial charge on any atom is 0.312 e. The first-order chi connectivity index (χ1) is 10.1. The number of carbonyl (C=O) groups is 1. The number of hydrogen-bond acceptors (Lipinski definition) is 4. The fraction of sp³-hybridized carbons (Fsp3) is 0.562. The Bertz CT molecular complexity index is 520. The molecule has 1 aromatic rings. The number of fused-ring (bicyclic) bond motifs is 1. The maximum atomic E-state index is 11.5. The fourth-order valence-electron chi connectivity index (χ4n) is 3.30. The van der Waals surface area contributed by atoms with Crippen LogP contribution in [-0.4, -0.2) is 66.8 Å². The Morgan fingerprint density at radius 3 is 2.95 bits per heavy atom. The minimum Gasteiger partial charge on any atom is -0.481 e. The highest BCUT2D eigenvalue weighted by atomic mass is 16.5. The molecule has 1 aromatic carbocycles. The average molecular weight is 290 g/mol. The van der Waals surface area contributed by atoms with E-state index in [9.17, 15) is 9.90 Å². The molecule has 2 unspecified atom stereocenters. The number of nitrogens with zero attached hydrogens (tertiary/aromatic N) is 2. The Morgan fingerprint density at radius 1 is 1.38 bits per heavy atom. The summed E-state index contributed by atoms with van der Waals surface area (Å²) in [6, 6.07) is 7.87. The molecule has 1 fully saturated rings. The molecule has 2 aliphatic heterocycles. The Labute approximate surface area is 125 Å². The molecule has 1 saturated heterocycles. The molecule has 0 amide bonds. The van der Waals surface area contributed by atoms with Gasteiger partial charge in [0.25, 0.3) is 0 Å². The van der Waals surface area contributed by atoms with E-state index in [-0.39, 0.29) is 6.10 Å². The molecule has 1 N–H and O–H groups in total. The van der Waals surface area contributed by atoms with Crippen LogP contribution in [0.3, 0.4) is 0 Å². The van der Waals surface area contributed by atoms with Gasteiger partial charge < -0.3 is 14.7 Å². The van der Waals surface area contributed by atoms with Crippen molar-refractivity contribution in [2.75, 3.05) is 39.8 Å². The Hall–Kier alpha value is -1.43. The van der Waals surface area contributed by atoms with Crippen molar-refractivity contribution in [2.24, 2.45) is 0 Å². The van der Waals surface area contributed by atoms with Gasteiger partial charge in [-0.2, -0.15) is 0 Å². The highest BCUT2D eigenvalue weighted by Crippen LogP contribution is 2.28. The molecule has 0 radical (unpaired) electrons. The van der Waals surface area contributed by atoms with Crippen LogP contribution in [0.15, 0.2) is 24.3 Å². The van der Waals surface area contributed by atoms with Crippen LogP contribution in [-0.2, 0) is 16.1 Å². The van der Waals surface area contributed by atoms with Gasteiger partial charge >= 0.3 is 5.97 Å². The van der Waals surface area contributed by atoms with E-state index in [1.165, 1.54) is 0 Å². The third-order valence-corrected chi connectivity index (χ3v) is 4.37. The number of rotatable bonds is 3. The third kappa shape index (κ3) is 3.26. The fourth-order valence-corrected chi connectivity index (χ4v) is 3.30. The van der Waals surface area contributed by atoms with Gasteiger partial charge in [-0.25, -0.2) is 0 Å². The van der Waals surface area contributed by atoms with Crippen LogP contribution >= 0.6 is 0 Å². The standard InChI is InChI=1S/C16H22N2O3/c1-17-6-7-21-13(9-17)10-18-8-12-4-2-3-5-14(12)15(11-18)16(19)20/h2-5,13,15H,6-11H2,1H3,(H,19,20). The molecule has 5 nitrogen and oxygen atoms in total. The smallest absolute Gasteiger partial charge is 0.312 e. The summed E-state index contributed by atoms with van der Waals surface area (Å²) in [6.45, 7) is 4.81. The largest absolute Gasteiger partial charge is 0.481 e. The molecule has 0 aromatic heterocycles. The Morgan fingerprint density at radius 2 is 2.19 bits per heavy atom. The number of carboxylic acid groups (broad SMARTS) is 1. The van der Waals surface area contributed by atoms with Gasteiger partial charge in [0.05, 0.1) is 18.6 Å². The predicted octanol–water partition coefficient (Wildman–Crippen LogP) is 1.00. The molecule has 2 atom stereocenters. The molecule has 5 heteroatoms. The van der Waals surface area contributed by atoms with E-state index in [2.05, 4.69) is 16.8 Å². The van der Waals surface area contributed by atoms with Crippen LogP contribution < -0.4 is 0 Å². The summed E-state index contributed by atoms with van der Waals surface area (Å²) in [5, 5.41) is 9.48. The first kappa shape index (κ1) is 14.5. The number of morpholine rings is 1. The van der Waals surface area contributed by atoms with Gasteiger partial charge in [-0.05, 0) is 18.2 Å². The van der Waals surface area contributed by atoms with Crippen molar-refractivity contribution in [1.82, 2.24) is 9.80 Å². The lowest BCUT2D eigenvalue weighted by molar-refractivity contribution is -0.140. The van der Waals surface area contributed by atoms with Crippen LogP contribution in [0.25, 0.3) is 0 Å². The monoisotopic (exact) mass is 290 g/mol. The molecule has 0 saturated carbocycles. The van der Waals surface area contributed by atoms with Gasteiger partial charge in [0.2, 0.25) is 0 Å². The summed E-state index contributed by atoms with van der Waals surface area (Å²) in [5.41, 5.74) is 2.09. The molecular formula is C16H22N2O3. The normalized spacial score (nSPS) is 27.3. The molecule has 0 spiro atoms. The minimum absolute atomic E-state index is 0.170. The highest BCUT2D eigenvalue weighted by Gasteiger charge is 2.31. The number of benzene rings is 1. The van der Waals surface area contributed by atoms with Crippen molar-refractivity contribution < 1.29 is 14.6 Å².